The highest BCUT2D eigenvalue weighted by molar-refractivity contribution is 6.31. The maximum absolute atomic E-state index is 13.6. The maximum atomic E-state index is 13.6. The Morgan fingerprint density at radius 3 is 2.30 bits per heavy atom. The molecule has 1 saturated heterocycles. The topological polar surface area (TPSA) is 89.0 Å². The maximum Gasteiger partial charge on any atom is 0.423 e. The van der Waals surface area contributed by atoms with Gasteiger partial charge in [-0.1, -0.05) is 11.6 Å². The second-order valence-corrected chi connectivity index (χ2v) is 10.2. The Bertz CT molecular complexity index is 890. The Morgan fingerprint density at radius 2 is 1.70 bits per heavy atom. The van der Waals surface area contributed by atoms with E-state index in [0.29, 0.717) is 30.0 Å². The van der Waals surface area contributed by atoms with Gasteiger partial charge >= 0.3 is 12.2 Å². The third-order valence-electron chi connectivity index (χ3n) is 4.89. The molecule has 1 aromatic heterocycles. The van der Waals surface area contributed by atoms with Crippen molar-refractivity contribution in [3.8, 4) is 0 Å². The minimum absolute atomic E-state index is 0.0784. The van der Waals surface area contributed by atoms with E-state index in [0.717, 1.165) is 4.90 Å². The van der Waals surface area contributed by atoms with Crippen molar-refractivity contribution in [2.75, 3.05) is 18.0 Å². The van der Waals surface area contributed by atoms with Crippen molar-refractivity contribution in [3.63, 3.8) is 0 Å². The van der Waals surface area contributed by atoms with Crippen LogP contribution in [0.25, 0.3) is 0 Å². The molecule has 9 heteroatoms. The van der Waals surface area contributed by atoms with Crippen LogP contribution in [0, 0.1) is 0 Å². The summed E-state index contributed by atoms with van der Waals surface area (Å²) in [7, 11) is 0. The minimum atomic E-state index is -1.13. The summed E-state index contributed by atoms with van der Waals surface area (Å²) in [6, 6.07) is 1.64. The normalized spacial score (nSPS) is 21.6. The third kappa shape index (κ3) is 4.24. The molecule has 1 aromatic rings. The Hall–Kier alpha value is -2.35. The van der Waals surface area contributed by atoms with E-state index in [1.54, 1.807) is 47.6 Å². The molecule has 3 heterocycles. The number of ether oxygens (including phenoxy) is 2. The number of likely N-dealkylation sites (tertiary alicyclic amines) is 1. The predicted octanol–water partition coefficient (Wildman–Crippen LogP) is 4.29. The first kappa shape index (κ1) is 22.3. The fraction of sp³-hybridized carbons (Fsp3) is 0.619. The molecular formula is C21H28ClN3O5. The summed E-state index contributed by atoms with van der Waals surface area (Å²) >= 11 is 6.18. The van der Waals surface area contributed by atoms with E-state index in [9.17, 15) is 14.4 Å². The molecule has 0 unspecified atom stereocenters. The highest BCUT2D eigenvalue weighted by atomic mass is 35.5. The lowest BCUT2D eigenvalue weighted by Gasteiger charge is -2.39. The van der Waals surface area contributed by atoms with Gasteiger partial charge in [0.25, 0.3) is 0 Å². The molecule has 2 aliphatic heterocycles. The zero-order valence-corrected chi connectivity index (χ0v) is 19.0. The Morgan fingerprint density at radius 1 is 1.10 bits per heavy atom. The first-order valence-corrected chi connectivity index (χ1v) is 10.3. The third-order valence-corrected chi connectivity index (χ3v) is 5.10. The van der Waals surface area contributed by atoms with E-state index in [1.165, 1.54) is 11.1 Å². The van der Waals surface area contributed by atoms with Crippen LogP contribution in [-0.4, -0.2) is 52.3 Å². The number of fused-ring (bicyclic) bond motifs is 2. The van der Waals surface area contributed by atoms with Crippen LogP contribution in [0.4, 0.5) is 15.4 Å². The molecular weight excluding hydrogens is 410 g/mol. The number of amides is 3. The first-order valence-electron chi connectivity index (χ1n) is 9.95. The van der Waals surface area contributed by atoms with Crippen LogP contribution in [0.5, 0.6) is 0 Å². The molecule has 1 fully saturated rings. The van der Waals surface area contributed by atoms with Gasteiger partial charge in [0.1, 0.15) is 17.0 Å². The van der Waals surface area contributed by atoms with Gasteiger partial charge in [-0.3, -0.25) is 4.79 Å². The highest BCUT2D eigenvalue weighted by Gasteiger charge is 2.57. The number of rotatable bonds is 0. The molecule has 8 nitrogen and oxygen atoms in total. The van der Waals surface area contributed by atoms with Crippen molar-refractivity contribution >= 4 is 35.5 Å². The van der Waals surface area contributed by atoms with Crippen LogP contribution in [0.3, 0.4) is 0 Å². The molecule has 0 radical (unpaired) electrons. The van der Waals surface area contributed by atoms with Crippen molar-refractivity contribution in [2.45, 2.75) is 71.0 Å². The standard InChI is InChI=1S/C21H28ClN3O5/c1-19(2,3)29-17(27)24-9-7-8-21(12-24)14-10-13(22)11-23-15(14)25(16(21)26)18(28)30-20(4,5)6/h10-11H,7-9,12H2,1-6H3/t21-/m1/s1. The Kier molecular flexibility index (Phi) is 5.52. The second kappa shape index (κ2) is 7.41. The number of carbonyl (C=O) groups excluding carboxylic acids is 3. The van der Waals surface area contributed by atoms with Crippen LogP contribution in [0.1, 0.15) is 59.9 Å². The lowest BCUT2D eigenvalue weighted by molar-refractivity contribution is -0.124. The number of piperidine rings is 1. The summed E-state index contributed by atoms with van der Waals surface area (Å²) in [6.07, 6.45) is 1.12. The molecule has 0 N–H and O–H groups in total. The summed E-state index contributed by atoms with van der Waals surface area (Å²) in [6.45, 7) is 11.1. The molecule has 0 bridgehead atoms. The number of anilines is 1. The summed E-state index contributed by atoms with van der Waals surface area (Å²) in [5.41, 5.74) is -2.04. The van der Waals surface area contributed by atoms with Gasteiger partial charge in [0.05, 0.1) is 10.4 Å². The quantitative estimate of drug-likeness (QED) is 0.601. The van der Waals surface area contributed by atoms with Gasteiger partial charge < -0.3 is 14.4 Å². The fourth-order valence-corrected chi connectivity index (χ4v) is 3.96. The monoisotopic (exact) mass is 437 g/mol. The number of halogens is 1. The zero-order valence-electron chi connectivity index (χ0n) is 18.2. The van der Waals surface area contributed by atoms with E-state index in [2.05, 4.69) is 4.98 Å². The summed E-state index contributed by atoms with van der Waals surface area (Å²) < 4.78 is 10.9. The SMILES string of the molecule is CC(C)(C)OC(=O)N1CCC[C@]2(C1)C(=O)N(C(=O)OC(C)(C)C)c1ncc(Cl)cc12. The number of pyridine rings is 1. The number of hydrogen-bond acceptors (Lipinski definition) is 6. The summed E-state index contributed by atoms with van der Waals surface area (Å²) in [5, 5.41) is 0.348. The Balaban J connectivity index is 2.00. The second-order valence-electron chi connectivity index (χ2n) is 9.73. The summed E-state index contributed by atoms with van der Waals surface area (Å²) in [5.74, 6) is -0.264. The van der Waals surface area contributed by atoms with Crippen molar-refractivity contribution in [1.82, 2.24) is 9.88 Å². The Labute approximate surface area is 181 Å². The molecule has 1 spiro atoms. The van der Waals surface area contributed by atoms with E-state index in [4.69, 9.17) is 21.1 Å². The van der Waals surface area contributed by atoms with Crippen LogP contribution >= 0.6 is 11.6 Å². The predicted molar refractivity (Wildman–Crippen MR) is 112 cm³/mol. The van der Waals surface area contributed by atoms with Gasteiger partial charge in [-0.2, -0.15) is 4.90 Å². The van der Waals surface area contributed by atoms with Crippen molar-refractivity contribution < 1.29 is 23.9 Å². The number of aromatic nitrogens is 1. The largest absolute Gasteiger partial charge is 0.444 e. The van der Waals surface area contributed by atoms with Crippen LogP contribution in [0.15, 0.2) is 12.3 Å². The van der Waals surface area contributed by atoms with Crippen LogP contribution in [0.2, 0.25) is 5.02 Å². The van der Waals surface area contributed by atoms with E-state index < -0.39 is 34.7 Å². The average Bonchev–Trinajstić information content (AvgIpc) is 2.81. The van der Waals surface area contributed by atoms with Gasteiger partial charge in [-0.25, -0.2) is 14.6 Å². The van der Waals surface area contributed by atoms with Gasteiger partial charge in [0.2, 0.25) is 5.91 Å². The molecule has 3 rings (SSSR count). The molecule has 164 valence electrons. The fourth-order valence-electron chi connectivity index (χ4n) is 3.80. The molecule has 30 heavy (non-hydrogen) atoms. The van der Waals surface area contributed by atoms with Gasteiger partial charge in [0.15, 0.2) is 0 Å². The zero-order chi connectivity index (χ0) is 22.5. The minimum Gasteiger partial charge on any atom is -0.444 e. The molecule has 2 aliphatic rings. The van der Waals surface area contributed by atoms with Gasteiger partial charge in [0, 0.05) is 24.8 Å². The van der Waals surface area contributed by atoms with Crippen molar-refractivity contribution in [3.05, 3.63) is 22.8 Å². The van der Waals surface area contributed by atoms with Gasteiger partial charge in [-0.05, 0) is 60.5 Å². The van der Waals surface area contributed by atoms with Crippen molar-refractivity contribution in [2.24, 2.45) is 0 Å². The first-order chi connectivity index (χ1) is 13.7. The molecule has 1 atom stereocenters. The molecule has 3 amide bonds. The van der Waals surface area contributed by atoms with Crippen LogP contribution < -0.4 is 4.90 Å². The van der Waals surface area contributed by atoms with Crippen LogP contribution in [-0.2, 0) is 19.7 Å². The van der Waals surface area contributed by atoms with E-state index in [1.807, 2.05) is 0 Å². The van der Waals surface area contributed by atoms with Crippen molar-refractivity contribution in [1.29, 1.82) is 0 Å². The number of carbonyl (C=O) groups is 3. The highest BCUT2D eigenvalue weighted by Crippen LogP contribution is 2.47. The number of nitrogens with zero attached hydrogens (tertiary/aromatic N) is 3. The molecule has 0 aliphatic carbocycles. The molecule has 0 saturated carbocycles. The van der Waals surface area contributed by atoms with E-state index >= 15 is 0 Å². The summed E-state index contributed by atoms with van der Waals surface area (Å²) in [4.78, 5) is 45.9. The average molecular weight is 438 g/mol. The number of imide groups is 1. The lowest BCUT2D eigenvalue weighted by atomic mass is 9.75. The lowest BCUT2D eigenvalue weighted by Crippen LogP contribution is -2.55. The molecule has 0 aromatic carbocycles. The van der Waals surface area contributed by atoms with Gasteiger partial charge in [-0.15, -0.1) is 0 Å². The van der Waals surface area contributed by atoms with E-state index in [-0.39, 0.29) is 12.4 Å². The number of hydrogen-bond donors (Lipinski definition) is 0. The smallest absolute Gasteiger partial charge is 0.423 e.